The average molecular weight is 349 g/mol. The Morgan fingerprint density at radius 2 is 1.74 bits per heavy atom. The first-order valence-corrected chi connectivity index (χ1v) is 10.2. The Balaban J connectivity index is 1.64. The third kappa shape index (κ3) is 3.82. The van der Waals surface area contributed by atoms with Gasteiger partial charge in [-0.1, -0.05) is 18.2 Å². The van der Waals surface area contributed by atoms with Gasteiger partial charge in [-0.3, -0.25) is 4.79 Å². The lowest BCUT2D eigenvalue weighted by Gasteiger charge is -2.13. The van der Waals surface area contributed by atoms with E-state index in [0.717, 1.165) is 30.8 Å². The number of benzene rings is 1. The summed E-state index contributed by atoms with van der Waals surface area (Å²) in [4.78, 5) is 16.2. The van der Waals surface area contributed by atoms with Gasteiger partial charge in [0.15, 0.2) is 9.84 Å². The molecule has 0 atom stereocenters. The summed E-state index contributed by atoms with van der Waals surface area (Å²) in [5.41, 5.74) is 0. The van der Waals surface area contributed by atoms with E-state index in [1.807, 2.05) is 17.0 Å². The van der Waals surface area contributed by atoms with E-state index in [1.54, 1.807) is 30.3 Å². The first-order chi connectivity index (χ1) is 11.1. The monoisotopic (exact) mass is 349 g/mol. The molecule has 0 aliphatic carbocycles. The smallest absolute Gasteiger partial charge is 0.263 e. The largest absolute Gasteiger partial charge is 0.338 e. The second-order valence-electron chi connectivity index (χ2n) is 5.65. The molecule has 2 heterocycles. The maximum Gasteiger partial charge on any atom is 0.263 e. The number of likely N-dealkylation sites (tertiary alicyclic amines) is 1. The molecular formula is C17H19NO3S2. The number of rotatable bonds is 5. The molecule has 0 N–H and O–H groups in total. The highest BCUT2D eigenvalue weighted by Crippen LogP contribution is 2.22. The van der Waals surface area contributed by atoms with Crippen LogP contribution in [0.5, 0.6) is 0 Å². The van der Waals surface area contributed by atoms with Gasteiger partial charge in [0.1, 0.15) is 0 Å². The molecule has 1 aliphatic heterocycles. The van der Waals surface area contributed by atoms with E-state index >= 15 is 0 Å². The number of hydrogen-bond donors (Lipinski definition) is 0. The molecule has 0 radical (unpaired) electrons. The van der Waals surface area contributed by atoms with Crippen molar-refractivity contribution >= 4 is 27.1 Å². The van der Waals surface area contributed by atoms with E-state index in [2.05, 4.69) is 0 Å². The van der Waals surface area contributed by atoms with Gasteiger partial charge in [0.05, 0.1) is 15.5 Å². The Kier molecular flexibility index (Phi) is 4.82. The van der Waals surface area contributed by atoms with Crippen molar-refractivity contribution in [3.05, 3.63) is 52.2 Å². The maximum atomic E-state index is 12.3. The number of aryl methyl sites for hydroxylation is 1. The third-order valence-electron chi connectivity index (χ3n) is 3.99. The highest BCUT2D eigenvalue weighted by molar-refractivity contribution is 7.91. The molecule has 2 aromatic rings. The first kappa shape index (κ1) is 16.2. The SMILES string of the molecule is O=C(c1ccc(CCS(=O)(=O)c2ccccc2)s1)N1CCCC1. The molecule has 1 aromatic heterocycles. The van der Waals surface area contributed by atoms with Crippen molar-refractivity contribution in [2.24, 2.45) is 0 Å². The summed E-state index contributed by atoms with van der Waals surface area (Å²) in [6.45, 7) is 1.66. The van der Waals surface area contributed by atoms with Crippen LogP contribution in [0, 0.1) is 0 Å². The molecule has 0 spiro atoms. The minimum Gasteiger partial charge on any atom is -0.338 e. The van der Waals surface area contributed by atoms with E-state index in [9.17, 15) is 13.2 Å². The van der Waals surface area contributed by atoms with Crippen LogP contribution < -0.4 is 0 Å². The van der Waals surface area contributed by atoms with Crippen LogP contribution in [0.15, 0.2) is 47.4 Å². The maximum absolute atomic E-state index is 12.3. The molecule has 3 rings (SSSR count). The fourth-order valence-corrected chi connectivity index (χ4v) is 5.08. The van der Waals surface area contributed by atoms with Crippen molar-refractivity contribution in [3.8, 4) is 0 Å². The predicted molar refractivity (Wildman–Crippen MR) is 91.7 cm³/mol. The summed E-state index contributed by atoms with van der Waals surface area (Å²) >= 11 is 1.41. The lowest BCUT2D eigenvalue weighted by atomic mass is 10.3. The quantitative estimate of drug-likeness (QED) is 0.834. The van der Waals surface area contributed by atoms with E-state index < -0.39 is 9.84 Å². The van der Waals surface area contributed by atoms with Gasteiger partial charge < -0.3 is 4.90 Å². The van der Waals surface area contributed by atoms with E-state index in [-0.39, 0.29) is 11.7 Å². The average Bonchev–Trinajstić information content (AvgIpc) is 3.25. The van der Waals surface area contributed by atoms with Gasteiger partial charge in [0.2, 0.25) is 0 Å². The van der Waals surface area contributed by atoms with Crippen LogP contribution in [-0.4, -0.2) is 38.1 Å². The van der Waals surface area contributed by atoms with Crippen molar-refractivity contribution in [2.75, 3.05) is 18.8 Å². The summed E-state index contributed by atoms with van der Waals surface area (Å²) < 4.78 is 24.6. The summed E-state index contributed by atoms with van der Waals surface area (Å²) in [5, 5.41) is 0. The van der Waals surface area contributed by atoms with Gasteiger partial charge in [-0.05, 0) is 43.5 Å². The molecule has 4 nitrogen and oxygen atoms in total. The van der Waals surface area contributed by atoms with Gasteiger partial charge in [-0.25, -0.2) is 8.42 Å². The van der Waals surface area contributed by atoms with Crippen LogP contribution in [0.1, 0.15) is 27.4 Å². The van der Waals surface area contributed by atoms with Gasteiger partial charge in [-0.15, -0.1) is 11.3 Å². The zero-order valence-corrected chi connectivity index (χ0v) is 14.4. The molecular weight excluding hydrogens is 330 g/mol. The molecule has 6 heteroatoms. The molecule has 1 aromatic carbocycles. The van der Waals surface area contributed by atoms with Crippen LogP contribution >= 0.6 is 11.3 Å². The van der Waals surface area contributed by atoms with Gasteiger partial charge in [0.25, 0.3) is 5.91 Å². The van der Waals surface area contributed by atoms with Crippen LogP contribution in [0.3, 0.4) is 0 Å². The fourth-order valence-electron chi connectivity index (χ4n) is 2.68. The number of sulfone groups is 1. The van der Waals surface area contributed by atoms with Gasteiger partial charge in [-0.2, -0.15) is 0 Å². The molecule has 0 saturated carbocycles. The second-order valence-corrected chi connectivity index (χ2v) is 8.92. The molecule has 122 valence electrons. The lowest BCUT2D eigenvalue weighted by molar-refractivity contribution is 0.0797. The molecule has 1 saturated heterocycles. The number of nitrogens with zero attached hydrogens (tertiary/aromatic N) is 1. The fraction of sp³-hybridized carbons (Fsp3) is 0.353. The van der Waals surface area contributed by atoms with E-state index in [0.29, 0.717) is 16.2 Å². The minimum absolute atomic E-state index is 0.0644. The van der Waals surface area contributed by atoms with E-state index in [4.69, 9.17) is 0 Å². The summed E-state index contributed by atoms with van der Waals surface area (Å²) in [6.07, 6.45) is 2.58. The van der Waals surface area contributed by atoms with Crippen molar-refractivity contribution in [1.29, 1.82) is 0 Å². The molecule has 1 aliphatic rings. The number of hydrogen-bond acceptors (Lipinski definition) is 4. The number of carbonyl (C=O) groups excluding carboxylic acids is 1. The van der Waals surface area contributed by atoms with Gasteiger partial charge >= 0.3 is 0 Å². The van der Waals surface area contributed by atoms with Crippen LogP contribution in [0.25, 0.3) is 0 Å². The summed E-state index contributed by atoms with van der Waals surface area (Å²) in [5.74, 6) is 0.138. The molecule has 1 amide bonds. The summed E-state index contributed by atoms with van der Waals surface area (Å²) in [6, 6.07) is 12.2. The standard InChI is InChI=1S/C17H19NO3S2/c19-17(18-11-4-5-12-18)16-9-8-14(22-16)10-13-23(20,21)15-6-2-1-3-7-15/h1-3,6-9H,4-5,10-13H2. The van der Waals surface area contributed by atoms with Crippen molar-refractivity contribution in [3.63, 3.8) is 0 Å². The van der Waals surface area contributed by atoms with Crippen LogP contribution in [0.2, 0.25) is 0 Å². The number of amides is 1. The second kappa shape index (κ2) is 6.84. The molecule has 0 unspecified atom stereocenters. The topological polar surface area (TPSA) is 54.5 Å². The van der Waals surface area contributed by atoms with Crippen LogP contribution in [-0.2, 0) is 16.3 Å². The summed E-state index contributed by atoms with van der Waals surface area (Å²) in [7, 11) is -3.27. The zero-order chi connectivity index (χ0) is 16.3. The Hall–Kier alpha value is -1.66. The highest BCUT2D eigenvalue weighted by Gasteiger charge is 2.21. The predicted octanol–water partition coefficient (Wildman–Crippen LogP) is 3.00. The Morgan fingerprint density at radius 3 is 2.43 bits per heavy atom. The Bertz CT molecular complexity index is 775. The normalized spacial score (nSPS) is 15.0. The molecule has 23 heavy (non-hydrogen) atoms. The van der Waals surface area contributed by atoms with Crippen molar-refractivity contribution in [2.45, 2.75) is 24.2 Å². The van der Waals surface area contributed by atoms with Crippen molar-refractivity contribution < 1.29 is 13.2 Å². The molecule has 0 bridgehead atoms. The van der Waals surface area contributed by atoms with Gasteiger partial charge in [0, 0.05) is 18.0 Å². The Labute approximate surface area is 140 Å². The first-order valence-electron chi connectivity index (χ1n) is 7.72. The van der Waals surface area contributed by atoms with Crippen molar-refractivity contribution in [1.82, 2.24) is 4.90 Å². The highest BCUT2D eigenvalue weighted by atomic mass is 32.2. The minimum atomic E-state index is -3.27. The van der Waals surface area contributed by atoms with Crippen LogP contribution in [0.4, 0.5) is 0 Å². The number of thiophene rings is 1. The Morgan fingerprint density at radius 1 is 1.04 bits per heavy atom. The molecule has 1 fully saturated rings. The third-order valence-corrected chi connectivity index (χ3v) is 6.85. The lowest BCUT2D eigenvalue weighted by Crippen LogP contribution is -2.26. The zero-order valence-electron chi connectivity index (χ0n) is 12.8. The van der Waals surface area contributed by atoms with E-state index in [1.165, 1.54) is 11.3 Å². The number of carbonyl (C=O) groups is 1.